The Morgan fingerprint density at radius 1 is 0.651 bits per heavy atom. The highest BCUT2D eigenvalue weighted by Crippen LogP contribution is 2.27. The van der Waals surface area contributed by atoms with Gasteiger partial charge in [0.05, 0.1) is 25.9 Å². The lowest BCUT2D eigenvalue weighted by Crippen LogP contribution is -2.36. The van der Waals surface area contributed by atoms with E-state index in [2.05, 4.69) is 29.8 Å². The van der Waals surface area contributed by atoms with Crippen LogP contribution in [0.4, 0.5) is 18.9 Å². The molecule has 8 nitrogen and oxygen atoms in total. The highest BCUT2D eigenvalue weighted by molar-refractivity contribution is 6.30. The third-order valence-corrected chi connectivity index (χ3v) is 5.39. The molecule has 0 radical (unpaired) electrons. The summed E-state index contributed by atoms with van der Waals surface area (Å²) in [5.41, 5.74) is 0.579. The molecule has 0 unspecified atom stereocenters. The van der Waals surface area contributed by atoms with E-state index in [1.807, 2.05) is 42.7 Å². The predicted molar refractivity (Wildman–Crippen MR) is 161 cm³/mol. The van der Waals surface area contributed by atoms with Crippen molar-refractivity contribution in [1.82, 2.24) is 24.9 Å². The second kappa shape index (κ2) is 21.1. The molecular formula is C31H32ClF3N6O2. The van der Waals surface area contributed by atoms with Crippen LogP contribution in [0.2, 0.25) is 5.02 Å². The minimum Gasteiger partial charge on any atom is -0.497 e. The van der Waals surface area contributed by atoms with Crippen molar-refractivity contribution in [2.24, 2.45) is 0 Å². The zero-order valence-electron chi connectivity index (χ0n) is 23.5. The zero-order chi connectivity index (χ0) is 31.0. The first kappa shape index (κ1) is 34.6. The SMILES string of the molecule is COc1ccncc1.Clc1ccncc1.FC(F)(F)c1ccncc1.c1cc(N2CCOCC2)ccn1.c1ccncc1. The van der Waals surface area contributed by atoms with Gasteiger partial charge < -0.3 is 14.4 Å². The largest absolute Gasteiger partial charge is 0.497 e. The molecule has 0 bridgehead atoms. The molecule has 0 aromatic carbocycles. The number of methoxy groups -OCH3 is 1. The number of pyridine rings is 5. The Bertz CT molecular complexity index is 1300. The number of hydrogen-bond donors (Lipinski definition) is 0. The quantitative estimate of drug-likeness (QED) is 0.212. The number of rotatable bonds is 2. The zero-order valence-corrected chi connectivity index (χ0v) is 24.2. The maximum Gasteiger partial charge on any atom is 0.416 e. The van der Waals surface area contributed by atoms with Gasteiger partial charge >= 0.3 is 6.18 Å². The molecule has 1 saturated heterocycles. The summed E-state index contributed by atoms with van der Waals surface area (Å²) in [7, 11) is 1.63. The smallest absolute Gasteiger partial charge is 0.416 e. The van der Waals surface area contributed by atoms with E-state index in [4.69, 9.17) is 21.1 Å². The van der Waals surface area contributed by atoms with Gasteiger partial charge in [-0.3, -0.25) is 24.9 Å². The van der Waals surface area contributed by atoms with E-state index >= 15 is 0 Å². The fraction of sp³-hybridized carbons (Fsp3) is 0.194. The lowest BCUT2D eigenvalue weighted by Gasteiger charge is -2.28. The molecule has 6 rings (SSSR count). The molecule has 0 N–H and O–H groups in total. The van der Waals surface area contributed by atoms with Gasteiger partial charge in [0.1, 0.15) is 5.75 Å². The Kier molecular flexibility index (Phi) is 17.0. The molecule has 5 aromatic heterocycles. The number of nitrogens with zero attached hydrogens (tertiary/aromatic N) is 6. The first-order valence-electron chi connectivity index (χ1n) is 12.9. The highest BCUT2D eigenvalue weighted by Gasteiger charge is 2.29. The first-order chi connectivity index (χ1) is 20.9. The van der Waals surface area contributed by atoms with E-state index < -0.39 is 11.7 Å². The Morgan fingerprint density at radius 2 is 1.09 bits per heavy atom. The molecule has 1 aliphatic rings. The molecule has 0 aliphatic carbocycles. The number of halogens is 4. The van der Waals surface area contributed by atoms with Crippen molar-refractivity contribution < 1.29 is 22.6 Å². The third-order valence-electron chi connectivity index (χ3n) is 5.14. The van der Waals surface area contributed by atoms with Crippen LogP contribution in [0, 0.1) is 0 Å². The van der Waals surface area contributed by atoms with Crippen molar-refractivity contribution in [2.75, 3.05) is 38.3 Å². The number of hydrogen-bond acceptors (Lipinski definition) is 8. The molecule has 1 aliphatic heterocycles. The molecule has 226 valence electrons. The standard InChI is InChI=1S/C9H12N2O.C6H4F3N.C6H7NO.C5H4ClN.C5H5N/c1-3-10-4-2-9(1)11-5-7-12-8-6-11;7-6(8,9)5-1-3-10-4-2-5;1-8-6-2-4-7-5-3-6;6-5-1-3-7-4-2-5;1-2-4-6-5-3-1/h1-4H,5-8H2;1-4H;2-5H,1H3;1-4H;1-5H. The van der Waals surface area contributed by atoms with Crippen LogP contribution in [0.15, 0.2) is 129 Å². The van der Waals surface area contributed by atoms with E-state index in [-0.39, 0.29) is 0 Å². The third kappa shape index (κ3) is 16.4. The Morgan fingerprint density at radius 3 is 1.42 bits per heavy atom. The lowest BCUT2D eigenvalue weighted by atomic mass is 10.3. The molecule has 12 heteroatoms. The van der Waals surface area contributed by atoms with E-state index in [0.29, 0.717) is 0 Å². The van der Waals surface area contributed by atoms with Crippen LogP contribution in [0.25, 0.3) is 0 Å². The van der Waals surface area contributed by atoms with Crippen LogP contribution >= 0.6 is 11.6 Å². The molecule has 0 amide bonds. The van der Waals surface area contributed by atoms with Crippen LogP contribution in [0.3, 0.4) is 0 Å². The molecule has 43 heavy (non-hydrogen) atoms. The van der Waals surface area contributed by atoms with Crippen molar-refractivity contribution in [2.45, 2.75) is 6.18 Å². The maximum absolute atomic E-state index is 11.8. The molecule has 0 atom stereocenters. The summed E-state index contributed by atoms with van der Waals surface area (Å²) in [5, 5.41) is 0.731. The summed E-state index contributed by atoms with van der Waals surface area (Å²) in [6, 6.07) is 18.7. The molecule has 0 saturated carbocycles. The summed E-state index contributed by atoms with van der Waals surface area (Å²) >= 11 is 5.50. The van der Waals surface area contributed by atoms with Crippen molar-refractivity contribution in [3.8, 4) is 5.75 Å². The Labute approximate surface area is 254 Å². The van der Waals surface area contributed by atoms with E-state index in [0.717, 1.165) is 61.6 Å². The van der Waals surface area contributed by atoms with Gasteiger partial charge in [-0.1, -0.05) is 17.7 Å². The number of alkyl halides is 3. The van der Waals surface area contributed by atoms with Crippen LogP contribution < -0.4 is 9.64 Å². The van der Waals surface area contributed by atoms with Crippen molar-refractivity contribution in [3.05, 3.63) is 139 Å². The van der Waals surface area contributed by atoms with Gasteiger partial charge in [-0.15, -0.1) is 0 Å². The Balaban J connectivity index is 0.000000192. The van der Waals surface area contributed by atoms with E-state index in [1.54, 1.807) is 68.6 Å². The summed E-state index contributed by atoms with van der Waals surface area (Å²) in [4.78, 5) is 21.1. The van der Waals surface area contributed by atoms with Gasteiger partial charge in [0.15, 0.2) is 0 Å². The van der Waals surface area contributed by atoms with Crippen molar-refractivity contribution in [1.29, 1.82) is 0 Å². The monoisotopic (exact) mass is 612 g/mol. The van der Waals surface area contributed by atoms with Gasteiger partial charge in [0.25, 0.3) is 0 Å². The van der Waals surface area contributed by atoms with Gasteiger partial charge in [0, 0.05) is 85.8 Å². The molecular weight excluding hydrogens is 581 g/mol. The number of aromatic nitrogens is 5. The average molecular weight is 613 g/mol. The second-order valence-corrected chi connectivity index (χ2v) is 8.55. The summed E-state index contributed by atoms with van der Waals surface area (Å²) < 4.78 is 45.4. The first-order valence-corrected chi connectivity index (χ1v) is 13.3. The number of morpholine rings is 1. The molecule has 5 aromatic rings. The minimum absolute atomic E-state index is 0.664. The summed E-state index contributed by atoms with van der Waals surface area (Å²) in [5.74, 6) is 0.847. The van der Waals surface area contributed by atoms with Gasteiger partial charge in [-0.25, -0.2) is 0 Å². The summed E-state index contributed by atoms with van der Waals surface area (Å²) in [6.07, 6.45) is 11.8. The minimum atomic E-state index is -4.25. The topological polar surface area (TPSA) is 86.2 Å². The van der Waals surface area contributed by atoms with E-state index in [9.17, 15) is 13.2 Å². The second-order valence-electron chi connectivity index (χ2n) is 8.12. The van der Waals surface area contributed by atoms with Crippen LogP contribution in [-0.2, 0) is 10.9 Å². The lowest BCUT2D eigenvalue weighted by molar-refractivity contribution is -0.137. The van der Waals surface area contributed by atoms with Gasteiger partial charge in [-0.2, -0.15) is 13.2 Å². The molecule has 1 fully saturated rings. The van der Waals surface area contributed by atoms with Crippen molar-refractivity contribution >= 4 is 17.3 Å². The fourth-order valence-corrected chi connectivity index (χ4v) is 3.15. The highest BCUT2D eigenvalue weighted by atomic mass is 35.5. The fourth-order valence-electron chi connectivity index (χ4n) is 3.04. The number of ether oxygens (including phenoxy) is 2. The Hall–Kier alpha value is -4.61. The maximum atomic E-state index is 11.8. The summed E-state index contributed by atoms with van der Waals surface area (Å²) in [6.45, 7) is 3.65. The van der Waals surface area contributed by atoms with Crippen LogP contribution in [0.5, 0.6) is 5.75 Å². The average Bonchev–Trinajstić information content (AvgIpc) is 3.08. The van der Waals surface area contributed by atoms with Gasteiger partial charge in [0.2, 0.25) is 0 Å². The number of anilines is 1. The predicted octanol–water partition coefficient (Wildman–Crippen LogP) is 6.93. The van der Waals surface area contributed by atoms with E-state index in [1.165, 1.54) is 5.69 Å². The normalized spacial score (nSPS) is 11.8. The van der Waals surface area contributed by atoms with Crippen LogP contribution in [0.1, 0.15) is 5.56 Å². The van der Waals surface area contributed by atoms with Crippen molar-refractivity contribution in [3.63, 3.8) is 0 Å². The molecule has 0 spiro atoms. The van der Waals surface area contributed by atoms with Crippen LogP contribution in [-0.4, -0.2) is 58.3 Å². The molecule has 6 heterocycles. The van der Waals surface area contributed by atoms with Gasteiger partial charge in [-0.05, 0) is 60.7 Å².